The average molecular weight is 200 g/mol. The summed E-state index contributed by atoms with van der Waals surface area (Å²) in [4.78, 5) is 26.0. The number of carbonyl (C=O) groups is 2. The van der Waals surface area contributed by atoms with Crippen molar-refractivity contribution in [3.8, 4) is 0 Å². The molecular formula is C10H20N2O2. The van der Waals surface area contributed by atoms with E-state index in [1.165, 1.54) is 4.90 Å². The minimum atomic E-state index is -0.0558. The molecule has 0 fully saturated rings. The Balaban J connectivity index is 4.12. The fraction of sp³-hybridized carbons (Fsp3) is 0.800. The largest absolute Gasteiger partial charge is 0.345 e. The highest BCUT2D eigenvalue weighted by Gasteiger charge is 2.17. The Morgan fingerprint density at radius 3 is 2.00 bits per heavy atom. The molecule has 14 heavy (non-hydrogen) atoms. The average Bonchev–Trinajstić information content (AvgIpc) is 2.14. The number of hydrogen-bond donors (Lipinski definition) is 0. The van der Waals surface area contributed by atoms with E-state index in [9.17, 15) is 9.59 Å². The van der Waals surface area contributed by atoms with Crippen LogP contribution in [0.25, 0.3) is 0 Å². The second-order valence-electron chi connectivity index (χ2n) is 3.76. The summed E-state index contributed by atoms with van der Waals surface area (Å²) in [6.45, 7) is 6.39. The number of amides is 2. The van der Waals surface area contributed by atoms with Crippen molar-refractivity contribution < 1.29 is 9.59 Å². The normalized spacial score (nSPS) is 10.1. The zero-order valence-electron chi connectivity index (χ0n) is 9.70. The van der Waals surface area contributed by atoms with Crippen molar-refractivity contribution in [1.82, 2.24) is 9.80 Å². The van der Waals surface area contributed by atoms with Gasteiger partial charge in [0.05, 0.1) is 6.54 Å². The lowest BCUT2D eigenvalue weighted by Crippen LogP contribution is -2.40. The molecule has 0 aliphatic carbocycles. The summed E-state index contributed by atoms with van der Waals surface area (Å²) in [5, 5.41) is 0. The SMILES string of the molecule is CCN(C)C(=O)CN(C)C(=O)C(C)C. The third-order valence-electron chi connectivity index (χ3n) is 2.14. The summed E-state index contributed by atoms with van der Waals surface area (Å²) in [5.74, 6) is -0.0772. The first-order chi connectivity index (χ1) is 6.40. The summed E-state index contributed by atoms with van der Waals surface area (Å²) in [6, 6.07) is 0. The standard InChI is InChI=1S/C10H20N2O2/c1-6-11(4)9(13)7-12(5)10(14)8(2)3/h8H,6-7H2,1-5H3. The highest BCUT2D eigenvalue weighted by Crippen LogP contribution is 1.99. The van der Waals surface area contributed by atoms with E-state index >= 15 is 0 Å². The number of rotatable bonds is 4. The summed E-state index contributed by atoms with van der Waals surface area (Å²) < 4.78 is 0. The fourth-order valence-electron chi connectivity index (χ4n) is 1.02. The summed E-state index contributed by atoms with van der Waals surface area (Å²) >= 11 is 0. The molecule has 0 aliphatic rings. The van der Waals surface area contributed by atoms with Crippen LogP contribution in [-0.2, 0) is 9.59 Å². The highest BCUT2D eigenvalue weighted by molar-refractivity contribution is 5.85. The van der Waals surface area contributed by atoms with Crippen LogP contribution in [0.5, 0.6) is 0 Å². The monoisotopic (exact) mass is 200 g/mol. The number of carbonyl (C=O) groups excluding carboxylic acids is 2. The van der Waals surface area contributed by atoms with Crippen molar-refractivity contribution in [3.05, 3.63) is 0 Å². The van der Waals surface area contributed by atoms with E-state index in [-0.39, 0.29) is 24.3 Å². The number of hydrogen-bond acceptors (Lipinski definition) is 2. The van der Waals surface area contributed by atoms with Gasteiger partial charge >= 0.3 is 0 Å². The van der Waals surface area contributed by atoms with Gasteiger partial charge in [-0.25, -0.2) is 0 Å². The maximum absolute atomic E-state index is 11.4. The van der Waals surface area contributed by atoms with Crippen molar-refractivity contribution in [3.63, 3.8) is 0 Å². The van der Waals surface area contributed by atoms with Crippen molar-refractivity contribution >= 4 is 11.8 Å². The molecule has 0 heterocycles. The fourth-order valence-corrected chi connectivity index (χ4v) is 1.02. The van der Waals surface area contributed by atoms with Crippen molar-refractivity contribution in [2.75, 3.05) is 27.2 Å². The second kappa shape index (κ2) is 5.62. The molecule has 0 spiro atoms. The van der Waals surface area contributed by atoms with Gasteiger partial charge in [-0.1, -0.05) is 13.8 Å². The predicted octanol–water partition coefficient (Wildman–Crippen LogP) is 0.579. The van der Waals surface area contributed by atoms with E-state index in [4.69, 9.17) is 0 Å². The molecule has 0 atom stereocenters. The molecule has 0 aromatic carbocycles. The summed E-state index contributed by atoms with van der Waals surface area (Å²) in [5.41, 5.74) is 0. The van der Waals surface area contributed by atoms with Crippen molar-refractivity contribution in [2.45, 2.75) is 20.8 Å². The van der Waals surface area contributed by atoms with Crippen molar-refractivity contribution in [1.29, 1.82) is 0 Å². The minimum absolute atomic E-state index is 0.00264. The molecule has 0 saturated heterocycles. The molecule has 0 aromatic heterocycles. The van der Waals surface area contributed by atoms with Crippen LogP contribution in [0.1, 0.15) is 20.8 Å². The molecule has 82 valence electrons. The Kier molecular flexibility index (Phi) is 5.20. The molecule has 0 bridgehead atoms. The topological polar surface area (TPSA) is 40.6 Å². The van der Waals surface area contributed by atoms with Gasteiger partial charge in [0, 0.05) is 26.6 Å². The molecule has 0 rings (SSSR count). The Morgan fingerprint density at radius 1 is 1.14 bits per heavy atom. The molecule has 4 heteroatoms. The van der Waals surface area contributed by atoms with E-state index < -0.39 is 0 Å². The second-order valence-corrected chi connectivity index (χ2v) is 3.76. The van der Waals surface area contributed by atoms with Crippen LogP contribution < -0.4 is 0 Å². The maximum atomic E-state index is 11.4. The van der Waals surface area contributed by atoms with Gasteiger partial charge in [-0.2, -0.15) is 0 Å². The minimum Gasteiger partial charge on any atom is -0.345 e. The van der Waals surface area contributed by atoms with Gasteiger partial charge in [0.2, 0.25) is 11.8 Å². The third-order valence-corrected chi connectivity index (χ3v) is 2.14. The van der Waals surface area contributed by atoms with Gasteiger partial charge in [-0.05, 0) is 6.92 Å². The molecule has 0 aromatic rings. The lowest BCUT2D eigenvalue weighted by molar-refractivity contribution is -0.140. The van der Waals surface area contributed by atoms with E-state index in [0.29, 0.717) is 6.54 Å². The zero-order chi connectivity index (χ0) is 11.3. The lowest BCUT2D eigenvalue weighted by atomic mass is 10.2. The summed E-state index contributed by atoms with van der Waals surface area (Å²) in [7, 11) is 3.39. The van der Waals surface area contributed by atoms with E-state index in [1.54, 1.807) is 19.0 Å². The molecule has 0 saturated carbocycles. The van der Waals surface area contributed by atoms with E-state index in [2.05, 4.69) is 0 Å². The number of nitrogens with zero attached hydrogens (tertiary/aromatic N) is 2. The Morgan fingerprint density at radius 2 is 1.64 bits per heavy atom. The molecule has 0 unspecified atom stereocenters. The van der Waals surface area contributed by atoms with E-state index in [0.717, 1.165) is 0 Å². The van der Waals surface area contributed by atoms with Crippen molar-refractivity contribution in [2.24, 2.45) is 5.92 Å². The smallest absolute Gasteiger partial charge is 0.241 e. The van der Waals surface area contributed by atoms with Gasteiger partial charge in [0.25, 0.3) is 0 Å². The van der Waals surface area contributed by atoms with Crippen LogP contribution in [0, 0.1) is 5.92 Å². The zero-order valence-corrected chi connectivity index (χ0v) is 9.70. The van der Waals surface area contributed by atoms with Gasteiger partial charge in [-0.3, -0.25) is 9.59 Å². The number of likely N-dealkylation sites (N-methyl/N-ethyl adjacent to an activating group) is 2. The third kappa shape index (κ3) is 3.77. The molecule has 4 nitrogen and oxygen atoms in total. The Labute approximate surface area is 85.9 Å². The van der Waals surface area contributed by atoms with Crippen LogP contribution in [0.15, 0.2) is 0 Å². The molecule has 0 N–H and O–H groups in total. The van der Waals surface area contributed by atoms with Crippen LogP contribution >= 0.6 is 0 Å². The maximum Gasteiger partial charge on any atom is 0.241 e. The predicted molar refractivity (Wildman–Crippen MR) is 55.8 cm³/mol. The van der Waals surface area contributed by atoms with Gasteiger partial charge in [-0.15, -0.1) is 0 Å². The van der Waals surface area contributed by atoms with Gasteiger partial charge in [0.15, 0.2) is 0 Å². The van der Waals surface area contributed by atoms with E-state index in [1.807, 2.05) is 20.8 Å². The van der Waals surface area contributed by atoms with Gasteiger partial charge in [0.1, 0.15) is 0 Å². The molecule has 2 amide bonds. The van der Waals surface area contributed by atoms with Crippen LogP contribution in [0.2, 0.25) is 0 Å². The molecule has 0 radical (unpaired) electrons. The quantitative estimate of drug-likeness (QED) is 0.666. The first-order valence-electron chi connectivity index (χ1n) is 4.89. The first kappa shape index (κ1) is 12.9. The summed E-state index contributed by atoms with van der Waals surface area (Å²) in [6.07, 6.45) is 0. The first-order valence-corrected chi connectivity index (χ1v) is 4.89. The lowest BCUT2D eigenvalue weighted by Gasteiger charge is -2.22. The van der Waals surface area contributed by atoms with Gasteiger partial charge < -0.3 is 9.80 Å². The Hall–Kier alpha value is -1.06. The van der Waals surface area contributed by atoms with Crippen LogP contribution in [-0.4, -0.2) is 48.8 Å². The molecule has 0 aliphatic heterocycles. The Bertz CT molecular complexity index is 214. The molecular weight excluding hydrogens is 180 g/mol. The van der Waals surface area contributed by atoms with Crippen LogP contribution in [0.3, 0.4) is 0 Å². The highest BCUT2D eigenvalue weighted by atomic mass is 16.2. The van der Waals surface area contributed by atoms with Crippen LogP contribution in [0.4, 0.5) is 0 Å².